The lowest BCUT2D eigenvalue weighted by molar-refractivity contribution is 0.225. The second-order valence-corrected chi connectivity index (χ2v) is 7.93. The fraction of sp³-hybridized carbons (Fsp3) is 0.364. The Balaban J connectivity index is 1.51. The zero-order chi connectivity index (χ0) is 22.5. The van der Waals surface area contributed by atoms with Crippen LogP contribution in [0.1, 0.15) is 35.4 Å². The van der Waals surface area contributed by atoms with Gasteiger partial charge in [0.05, 0.1) is 0 Å². The molecule has 0 amide bonds. The molecule has 0 spiro atoms. The van der Waals surface area contributed by atoms with Crippen molar-refractivity contribution < 1.29 is 8.78 Å². The molecule has 0 atom stereocenters. The number of alkyl halides is 2. The molecule has 10 heteroatoms. The number of fused-ring (bicyclic) bond motifs is 1. The van der Waals surface area contributed by atoms with Crippen LogP contribution in [0.15, 0.2) is 42.1 Å². The summed E-state index contributed by atoms with van der Waals surface area (Å²) < 4.78 is 26.7. The molecule has 1 aromatic carbocycles. The molecule has 1 aliphatic heterocycles. The molecule has 0 aliphatic carbocycles. The van der Waals surface area contributed by atoms with Crippen molar-refractivity contribution in [2.24, 2.45) is 0 Å². The second kappa shape index (κ2) is 9.82. The summed E-state index contributed by atoms with van der Waals surface area (Å²) >= 11 is 0. The Morgan fingerprint density at radius 2 is 2.09 bits per heavy atom. The third-order valence-electron chi connectivity index (χ3n) is 5.69. The highest BCUT2D eigenvalue weighted by Gasteiger charge is 2.19. The van der Waals surface area contributed by atoms with Gasteiger partial charge < -0.3 is 16.4 Å². The highest BCUT2D eigenvalue weighted by molar-refractivity contribution is 6.00. The molecular weight excluding hydrogens is 414 g/mol. The largest absolute Gasteiger partial charge is 0.387 e. The van der Waals surface area contributed by atoms with Crippen LogP contribution in [0.2, 0.25) is 0 Å². The Morgan fingerprint density at radius 1 is 1.28 bits per heavy atom. The molecule has 0 unspecified atom stereocenters. The Bertz CT molecular complexity index is 1120. The lowest BCUT2D eigenvalue weighted by Gasteiger charge is -2.23. The summed E-state index contributed by atoms with van der Waals surface area (Å²) in [4.78, 5) is 4.09. The van der Waals surface area contributed by atoms with Crippen molar-refractivity contribution in [3.8, 4) is 0 Å². The molecule has 168 valence electrons. The van der Waals surface area contributed by atoms with Gasteiger partial charge in [-0.05, 0) is 60.2 Å². The van der Waals surface area contributed by atoms with E-state index in [0.29, 0.717) is 29.2 Å². The highest BCUT2D eigenvalue weighted by Crippen LogP contribution is 2.26. The van der Waals surface area contributed by atoms with Gasteiger partial charge in [0.2, 0.25) is 0 Å². The summed E-state index contributed by atoms with van der Waals surface area (Å²) in [6, 6.07) is 9.91. The molecule has 0 radical (unpaired) electrons. The van der Waals surface area contributed by atoms with E-state index >= 15 is 0 Å². The van der Waals surface area contributed by atoms with Gasteiger partial charge >= 0.3 is 0 Å². The summed E-state index contributed by atoms with van der Waals surface area (Å²) in [6.45, 7) is 2.51. The minimum absolute atomic E-state index is 0.0566. The maximum Gasteiger partial charge on any atom is 0.280 e. The molecule has 0 saturated carbocycles. The fourth-order valence-electron chi connectivity index (χ4n) is 4.03. The fourth-order valence-corrected chi connectivity index (χ4v) is 4.03. The van der Waals surface area contributed by atoms with E-state index in [1.54, 1.807) is 6.07 Å². The first-order valence-electron chi connectivity index (χ1n) is 10.6. The summed E-state index contributed by atoms with van der Waals surface area (Å²) in [5.74, 6) is 0.764. The summed E-state index contributed by atoms with van der Waals surface area (Å²) in [5, 5.41) is 24.7. The zero-order valence-electron chi connectivity index (χ0n) is 17.5. The number of aromatic amines is 1. The number of halogens is 2. The normalized spacial score (nSPS) is 15.4. The predicted octanol–water partition coefficient (Wildman–Crippen LogP) is 2.90. The van der Waals surface area contributed by atoms with Crippen LogP contribution in [0.5, 0.6) is 0 Å². The second-order valence-electron chi connectivity index (χ2n) is 7.93. The molecule has 3 heterocycles. The van der Waals surface area contributed by atoms with Crippen molar-refractivity contribution in [3.63, 3.8) is 0 Å². The third-order valence-corrected chi connectivity index (χ3v) is 5.69. The standard InChI is InChI=1S/C22H26F2N8/c23-21(24)19(26)17(9-16-10-18(25)29-22-20(16)30-32-31-22)12-28-11-13-2-1-3-15(8-13)14-4-6-27-7-5-14/h1-3,8,10,12,14,21,26-28H,4-7,9,11H2,(H3,25,29,30,31,32)/b17-12-,26-19?. The van der Waals surface area contributed by atoms with E-state index in [-0.39, 0.29) is 17.8 Å². The number of aromatic nitrogens is 4. The van der Waals surface area contributed by atoms with Crippen LogP contribution in [0, 0.1) is 5.41 Å². The number of anilines is 1. The number of rotatable bonds is 8. The van der Waals surface area contributed by atoms with Crippen molar-refractivity contribution >= 4 is 22.7 Å². The first-order valence-corrected chi connectivity index (χ1v) is 10.6. The molecule has 1 fully saturated rings. The first-order chi connectivity index (χ1) is 15.5. The van der Waals surface area contributed by atoms with Gasteiger partial charge in [-0.2, -0.15) is 0 Å². The molecule has 4 rings (SSSR count). The average molecular weight is 441 g/mol. The van der Waals surface area contributed by atoms with Crippen LogP contribution in [-0.4, -0.2) is 45.6 Å². The smallest absolute Gasteiger partial charge is 0.280 e. The molecule has 8 nitrogen and oxygen atoms in total. The van der Waals surface area contributed by atoms with E-state index in [0.717, 1.165) is 31.5 Å². The monoisotopic (exact) mass is 440 g/mol. The van der Waals surface area contributed by atoms with E-state index in [1.807, 2.05) is 12.1 Å². The Kier molecular flexibility index (Phi) is 6.69. The molecule has 6 N–H and O–H groups in total. The minimum Gasteiger partial charge on any atom is -0.387 e. The number of nitrogens with zero attached hydrogens (tertiary/aromatic N) is 3. The number of allylic oxidation sites excluding steroid dienone is 1. The van der Waals surface area contributed by atoms with E-state index < -0.39 is 12.1 Å². The van der Waals surface area contributed by atoms with Gasteiger partial charge in [0.15, 0.2) is 5.65 Å². The van der Waals surface area contributed by atoms with Gasteiger partial charge in [-0.3, -0.25) is 5.41 Å². The lowest BCUT2D eigenvalue weighted by atomic mass is 9.89. The maximum atomic E-state index is 13.4. The molecule has 1 saturated heterocycles. The molecule has 1 aliphatic rings. The van der Waals surface area contributed by atoms with Crippen LogP contribution >= 0.6 is 0 Å². The highest BCUT2D eigenvalue weighted by atomic mass is 19.3. The topological polar surface area (TPSA) is 128 Å². The van der Waals surface area contributed by atoms with Crippen LogP contribution in [0.4, 0.5) is 14.6 Å². The van der Waals surface area contributed by atoms with Gasteiger partial charge in [-0.25, -0.2) is 18.9 Å². The molecule has 32 heavy (non-hydrogen) atoms. The van der Waals surface area contributed by atoms with Gasteiger partial charge in [0.25, 0.3) is 6.43 Å². The van der Waals surface area contributed by atoms with E-state index in [1.165, 1.54) is 11.8 Å². The molecule has 3 aromatic rings. The molecule has 0 bridgehead atoms. The number of pyridine rings is 1. The number of piperidine rings is 1. The van der Waals surface area contributed by atoms with Crippen molar-refractivity contribution in [1.29, 1.82) is 5.41 Å². The maximum absolute atomic E-state index is 13.4. The van der Waals surface area contributed by atoms with Crippen molar-refractivity contribution in [2.75, 3.05) is 18.8 Å². The van der Waals surface area contributed by atoms with Gasteiger partial charge in [0.1, 0.15) is 17.0 Å². The van der Waals surface area contributed by atoms with Crippen LogP contribution in [0.3, 0.4) is 0 Å². The Hall–Kier alpha value is -3.40. The van der Waals surface area contributed by atoms with Crippen molar-refractivity contribution in [3.05, 3.63) is 58.8 Å². The van der Waals surface area contributed by atoms with Gasteiger partial charge in [-0.15, -0.1) is 5.10 Å². The number of nitrogens with one attached hydrogen (secondary N) is 4. The van der Waals surface area contributed by atoms with Crippen LogP contribution in [-0.2, 0) is 13.0 Å². The van der Waals surface area contributed by atoms with E-state index in [4.69, 9.17) is 11.1 Å². The summed E-state index contributed by atoms with van der Waals surface area (Å²) in [6.07, 6.45) is 0.865. The minimum atomic E-state index is -2.89. The zero-order valence-corrected chi connectivity index (χ0v) is 17.5. The SMILES string of the molecule is N=C(/C(=C\NCc1cccc(C2CCNCC2)c1)Cc1cc(N)nc2[nH]nnc12)C(F)F. The summed E-state index contributed by atoms with van der Waals surface area (Å²) in [7, 11) is 0. The molecular formula is C22H26F2N8. The molecule has 2 aromatic heterocycles. The predicted molar refractivity (Wildman–Crippen MR) is 120 cm³/mol. The van der Waals surface area contributed by atoms with Crippen LogP contribution < -0.4 is 16.4 Å². The number of nitrogens with two attached hydrogens (primary N) is 1. The summed E-state index contributed by atoms with van der Waals surface area (Å²) in [5.41, 5.74) is 9.00. The number of hydrogen-bond acceptors (Lipinski definition) is 7. The van der Waals surface area contributed by atoms with E-state index in [2.05, 4.69) is 43.2 Å². The number of benzene rings is 1. The number of H-pyrrole nitrogens is 1. The third kappa shape index (κ3) is 5.08. The van der Waals surface area contributed by atoms with E-state index in [9.17, 15) is 8.78 Å². The van der Waals surface area contributed by atoms with Crippen molar-refractivity contribution in [1.82, 2.24) is 31.0 Å². The van der Waals surface area contributed by atoms with Gasteiger partial charge in [-0.1, -0.05) is 29.5 Å². The van der Waals surface area contributed by atoms with Crippen LogP contribution in [0.25, 0.3) is 11.2 Å². The van der Waals surface area contributed by atoms with Crippen molar-refractivity contribution in [2.45, 2.75) is 38.2 Å². The van der Waals surface area contributed by atoms with Gasteiger partial charge in [0, 0.05) is 19.2 Å². The number of hydrogen-bond donors (Lipinski definition) is 5. The lowest BCUT2D eigenvalue weighted by Crippen LogP contribution is -2.26. The Morgan fingerprint density at radius 3 is 2.88 bits per heavy atom. The Labute approximate surface area is 184 Å². The quantitative estimate of drug-likeness (QED) is 0.343. The first kappa shape index (κ1) is 21.8. The average Bonchev–Trinajstić information content (AvgIpc) is 3.27. The number of nitrogen functional groups attached to an aromatic ring is 1.